The van der Waals surface area contributed by atoms with E-state index in [0.29, 0.717) is 5.82 Å². The average Bonchev–Trinajstić information content (AvgIpc) is 3.00. The molecule has 0 radical (unpaired) electrons. The Balaban J connectivity index is 2.04. The van der Waals surface area contributed by atoms with Crippen molar-refractivity contribution in [2.45, 2.75) is 11.1 Å². The minimum absolute atomic E-state index is 0.217. The number of hydrogen-bond donors (Lipinski definition) is 1. The maximum Gasteiger partial charge on any atom is 0.252 e. The molecule has 114 valence electrons. The summed E-state index contributed by atoms with van der Waals surface area (Å²) >= 11 is 1.12. The molecule has 0 bridgehead atoms. The van der Waals surface area contributed by atoms with E-state index in [-0.39, 0.29) is 10.8 Å². The number of hydrogen-bond acceptors (Lipinski definition) is 5. The first kappa shape index (κ1) is 15.7. The Morgan fingerprint density at radius 2 is 2.24 bits per heavy atom. The van der Waals surface area contributed by atoms with Crippen LogP contribution in [0.4, 0.5) is 5.82 Å². The Labute approximate surface area is 127 Å². The summed E-state index contributed by atoms with van der Waals surface area (Å²) < 4.78 is 27.2. The van der Waals surface area contributed by atoms with Crippen LogP contribution in [0.1, 0.15) is 5.69 Å². The predicted octanol–water partition coefficient (Wildman–Crippen LogP) is 1.05. The molecular formula is C12H16N4O3S2. The van der Waals surface area contributed by atoms with Gasteiger partial charge in [-0.3, -0.25) is 9.48 Å². The van der Waals surface area contributed by atoms with Gasteiger partial charge in [-0.1, -0.05) is 6.07 Å². The highest BCUT2D eigenvalue weighted by Crippen LogP contribution is 2.19. The van der Waals surface area contributed by atoms with Gasteiger partial charge in [0.2, 0.25) is 5.91 Å². The van der Waals surface area contributed by atoms with E-state index in [1.54, 1.807) is 24.6 Å². The lowest BCUT2D eigenvalue weighted by molar-refractivity contribution is -0.116. The van der Waals surface area contributed by atoms with E-state index in [1.165, 1.54) is 17.8 Å². The lowest BCUT2D eigenvalue weighted by Crippen LogP contribution is -2.34. The van der Waals surface area contributed by atoms with E-state index in [2.05, 4.69) is 10.4 Å². The molecule has 21 heavy (non-hydrogen) atoms. The molecule has 1 amide bonds. The van der Waals surface area contributed by atoms with Gasteiger partial charge in [-0.05, 0) is 18.4 Å². The fourth-order valence-electron chi connectivity index (χ4n) is 1.76. The third-order valence-corrected chi connectivity index (χ3v) is 5.97. The Morgan fingerprint density at radius 3 is 2.76 bits per heavy atom. The van der Waals surface area contributed by atoms with Crippen LogP contribution in [0.5, 0.6) is 0 Å². The third kappa shape index (κ3) is 3.49. The fraction of sp³-hybridized carbons (Fsp3) is 0.333. The minimum Gasteiger partial charge on any atom is -0.310 e. The molecule has 0 unspecified atom stereocenters. The predicted molar refractivity (Wildman–Crippen MR) is 80.7 cm³/mol. The number of carbonyl (C=O) groups excluding carboxylic acids is 1. The quantitative estimate of drug-likeness (QED) is 0.889. The number of aromatic nitrogens is 2. The van der Waals surface area contributed by atoms with E-state index in [1.807, 2.05) is 6.92 Å². The van der Waals surface area contributed by atoms with Crippen LogP contribution < -0.4 is 5.32 Å². The second-order valence-corrected chi connectivity index (χ2v) is 7.76. The van der Waals surface area contributed by atoms with Crippen LogP contribution >= 0.6 is 11.3 Å². The molecule has 0 saturated heterocycles. The normalized spacial score (nSPS) is 11.8. The second kappa shape index (κ2) is 5.96. The lowest BCUT2D eigenvalue weighted by Gasteiger charge is -2.15. The van der Waals surface area contributed by atoms with Crippen molar-refractivity contribution in [2.75, 3.05) is 18.9 Å². The molecule has 2 heterocycles. The van der Waals surface area contributed by atoms with Crippen LogP contribution in [0.25, 0.3) is 0 Å². The molecule has 0 aliphatic heterocycles. The van der Waals surface area contributed by atoms with Crippen molar-refractivity contribution < 1.29 is 13.2 Å². The molecule has 0 aliphatic carbocycles. The van der Waals surface area contributed by atoms with Crippen molar-refractivity contribution in [3.63, 3.8) is 0 Å². The van der Waals surface area contributed by atoms with Crippen LogP contribution in [0.3, 0.4) is 0 Å². The number of thiophene rings is 1. The monoisotopic (exact) mass is 328 g/mol. The Morgan fingerprint density at radius 1 is 1.52 bits per heavy atom. The van der Waals surface area contributed by atoms with Gasteiger partial charge >= 0.3 is 0 Å². The van der Waals surface area contributed by atoms with Crippen LogP contribution in [-0.2, 0) is 21.9 Å². The summed E-state index contributed by atoms with van der Waals surface area (Å²) in [5, 5.41) is 8.42. The molecule has 9 heteroatoms. The van der Waals surface area contributed by atoms with Gasteiger partial charge in [-0.15, -0.1) is 11.3 Å². The van der Waals surface area contributed by atoms with E-state index >= 15 is 0 Å². The largest absolute Gasteiger partial charge is 0.310 e. The first-order valence-electron chi connectivity index (χ1n) is 6.11. The number of likely N-dealkylation sites (N-methyl/N-ethyl adjacent to an activating group) is 1. The highest BCUT2D eigenvalue weighted by molar-refractivity contribution is 7.91. The number of anilines is 1. The number of sulfonamides is 1. The number of rotatable bonds is 5. The molecule has 2 rings (SSSR count). The van der Waals surface area contributed by atoms with Gasteiger partial charge in [0, 0.05) is 20.2 Å². The van der Waals surface area contributed by atoms with Crippen LogP contribution in [0.15, 0.2) is 27.8 Å². The van der Waals surface area contributed by atoms with Gasteiger partial charge in [0.1, 0.15) is 10.0 Å². The Hall–Kier alpha value is -1.71. The van der Waals surface area contributed by atoms with Crippen molar-refractivity contribution in [3.8, 4) is 0 Å². The van der Waals surface area contributed by atoms with E-state index in [9.17, 15) is 13.2 Å². The van der Waals surface area contributed by atoms with Crippen molar-refractivity contribution in [1.29, 1.82) is 0 Å². The summed E-state index contributed by atoms with van der Waals surface area (Å²) in [7, 11) is -0.538. The lowest BCUT2D eigenvalue weighted by atomic mass is 10.4. The number of nitrogens with zero attached hydrogens (tertiary/aromatic N) is 3. The molecule has 0 atom stereocenters. The molecule has 0 spiro atoms. The van der Waals surface area contributed by atoms with Crippen LogP contribution in [0.2, 0.25) is 0 Å². The van der Waals surface area contributed by atoms with Crippen LogP contribution in [0, 0.1) is 6.92 Å². The topological polar surface area (TPSA) is 84.3 Å². The van der Waals surface area contributed by atoms with Crippen molar-refractivity contribution >= 4 is 33.1 Å². The number of amides is 1. The smallest absolute Gasteiger partial charge is 0.252 e. The molecular weight excluding hydrogens is 312 g/mol. The van der Waals surface area contributed by atoms with Gasteiger partial charge in [0.25, 0.3) is 10.0 Å². The number of nitrogens with one attached hydrogen (secondary N) is 1. The molecule has 7 nitrogen and oxygen atoms in total. The fourth-order valence-corrected chi connectivity index (χ4v) is 4.09. The maximum atomic E-state index is 12.2. The minimum atomic E-state index is -3.62. The van der Waals surface area contributed by atoms with Crippen LogP contribution in [-0.4, -0.2) is 42.0 Å². The Bertz CT molecular complexity index is 735. The molecule has 0 aliphatic rings. The summed E-state index contributed by atoms with van der Waals surface area (Å²) in [5.41, 5.74) is 0.771. The van der Waals surface area contributed by atoms with Gasteiger partial charge in [-0.25, -0.2) is 8.42 Å². The van der Waals surface area contributed by atoms with Gasteiger partial charge < -0.3 is 5.32 Å². The van der Waals surface area contributed by atoms with Crippen molar-refractivity contribution in [2.24, 2.45) is 7.05 Å². The SMILES string of the molecule is Cc1cc(NC(=O)CN(C)S(=O)(=O)c2cccs2)n(C)n1. The molecule has 1 N–H and O–H groups in total. The summed E-state index contributed by atoms with van der Waals surface area (Å²) in [5.74, 6) is 0.111. The third-order valence-electron chi connectivity index (χ3n) is 2.80. The summed E-state index contributed by atoms with van der Waals surface area (Å²) in [6, 6.07) is 4.88. The van der Waals surface area contributed by atoms with Crippen molar-refractivity contribution in [3.05, 3.63) is 29.3 Å². The Kier molecular flexibility index (Phi) is 4.45. The zero-order valence-corrected chi connectivity index (χ0v) is 13.5. The standard InChI is InChI=1S/C12H16N4O3S2/c1-9-7-10(16(3)14-9)13-11(17)8-15(2)21(18,19)12-5-4-6-20-12/h4-7H,8H2,1-3H3,(H,13,17). The number of carbonyl (C=O) groups is 1. The van der Waals surface area contributed by atoms with E-state index < -0.39 is 15.9 Å². The highest BCUT2D eigenvalue weighted by Gasteiger charge is 2.24. The highest BCUT2D eigenvalue weighted by atomic mass is 32.2. The molecule has 0 aromatic carbocycles. The first-order chi connectivity index (χ1) is 9.80. The summed E-state index contributed by atoms with van der Waals surface area (Å²) in [6.45, 7) is 1.55. The average molecular weight is 328 g/mol. The summed E-state index contributed by atoms with van der Waals surface area (Å²) in [6.07, 6.45) is 0. The van der Waals surface area contributed by atoms with Gasteiger partial charge in [0.05, 0.1) is 12.2 Å². The van der Waals surface area contributed by atoms with E-state index in [0.717, 1.165) is 21.3 Å². The number of aryl methyl sites for hydroxylation is 2. The molecule has 0 fully saturated rings. The molecule has 2 aromatic heterocycles. The second-order valence-electron chi connectivity index (χ2n) is 4.54. The van der Waals surface area contributed by atoms with Gasteiger partial charge in [0.15, 0.2) is 0 Å². The van der Waals surface area contributed by atoms with E-state index in [4.69, 9.17) is 0 Å². The summed E-state index contributed by atoms with van der Waals surface area (Å²) in [4.78, 5) is 11.9. The molecule has 0 saturated carbocycles. The van der Waals surface area contributed by atoms with Crippen molar-refractivity contribution in [1.82, 2.24) is 14.1 Å². The van der Waals surface area contributed by atoms with Gasteiger partial charge in [-0.2, -0.15) is 9.40 Å². The first-order valence-corrected chi connectivity index (χ1v) is 8.43. The maximum absolute atomic E-state index is 12.2. The zero-order valence-electron chi connectivity index (χ0n) is 11.9. The zero-order chi connectivity index (χ0) is 15.6. The molecule has 2 aromatic rings.